The molecule has 0 saturated carbocycles. The van der Waals surface area contributed by atoms with Crippen molar-refractivity contribution in [1.82, 2.24) is 4.98 Å². The Morgan fingerprint density at radius 1 is 1.25 bits per heavy atom. The van der Waals surface area contributed by atoms with E-state index in [1.807, 2.05) is 24.3 Å². The van der Waals surface area contributed by atoms with E-state index < -0.39 is 0 Å². The second kappa shape index (κ2) is 4.98. The van der Waals surface area contributed by atoms with E-state index in [9.17, 15) is 0 Å². The average Bonchev–Trinajstić information content (AvgIpc) is 2.29. The van der Waals surface area contributed by atoms with Gasteiger partial charge in [-0.15, -0.1) is 0 Å². The molecule has 0 aliphatic rings. The third-order valence-corrected chi connectivity index (χ3v) is 2.34. The molecule has 2 nitrogen and oxygen atoms in total. The molecular formula is C13H10ClNO. The van der Waals surface area contributed by atoms with Gasteiger partial charge in [0.25, 0.3) is 0 Å². The first-order valence-corrected chi connectivity index (χ1v) is 5.33. The number of aliphatic hydroxyl groups is 1. The smallest absolute Gasteiger partial charge is 0.129 e. The minimum Gasteiger partial charge on any atom is -0.395 e. The highest BCUT2D eigenvalue weighted by Crippen LogP contribution is 2.16. The van der Waals surface area contributed by atoms with E-state index in [1.165, 1.54) is 0 Å². The maximum atomic E-state index is 8.62. The molecule has 0 spiro atoms. The molecule has 0 atom stereocenters. The molecule has 0 amide bonds. The van der Waals surface area contributed by atoms with Gasteiger partial charge in [0.1, 0.15) is 5.15 Å². The third kappa shape index (κ3) is 2.52. The molecule has 16 heavy (non-hydrogen) atoms. The lowest BCUT2D eigenvalue weighted by atomic mass is 10.1. The van der Waals surface area contributed by atoms with Crippen LogP contribution in [-0.2, 0) is 0 Å². The number of rotatable bonds is 1. The molecule has 0 aliphatic carbocycles. The first-order chi connectivity index (χ1) is 7.79. The van der Waals surface area contributed by atoms with Gasteiger partial charge in [-0.25, -0.2) is 4.98 Å². The van der Waals surface area contributed by atoms with Crippen LogP contribution in [0.4, 0.5) is 0 Å². The first-order valence-electron chi connectivity index (χ1n) is 4.95. The van der Waals surface area contributed by atoms with Crippen LogP contribution >= 0.6 is 11.6 Å². The average molecular weight is 232 g/mol. The standard InChI is InChI=1S/C13H10ClNO/c14-13-7-5-11-9-10(3-1-2-8-16)4-6-12(11)15-13/h4-7,9,16H,2,8H2. The molecule has 0 radical (unpaired) electrons. The molecular weight excluding hydrogens is 222 g/mol. The van der Waals surface area contributed by atoms with Gasteiger partial charge < -0.3 is 5.11 Å². The molecule has 0 unspecified atom stereocenters. The first kappa shape index (κ1) is 10.9. The second-order valence-electron chi connectivity index (χ2n) is 3.32. The van der Waals surface area contributed by atoms with Crippen LogP contribution in [0, 0.1) is 11.8 Å². The predicted octanol–water partition coefficient (Wildman–Crippen LogP) is 2.62. The van der Waals surface area contributed by atoms with E-state index in [1.54, 1.807) is 6.07 Å². The van der Waals surface area contributed by atoms with Crippen LogP contribution in [0.25, 0.3) is 10.9 Å². The summed E-state index contributed by atoms with van der Waals surface area (Å²) < 4.78 is 0. The topological polar surface area (TPSA) is 33.1 Å². The van der Waals surface area contributed by atoms with E-state index in [-0.39, 0.29) is 6.61 Å². The van der Waals surface area contributed by atoms with Crippen LogP contribution in [-0.4, -0.2) is 16.7 Å². The molecule has 1 aromatic carbocycles. The Kier molecular flexibility index (Phi) is 3.40. The number of aliphatic hydroxyl groups excluding tert-OH is 1. The van der Waals surface area contributed by atoms with E-state index in [0.29, 0.717) is 11.6 Å². The van der Waals surface area contributed by atoms with Gasteiger partial charge in [-0.05, 0) is 30.3 Å². The summed E-state index contributed by atoms with van der Waals surface area (Å²) >= 11 is 5.79. The van der Waals surface area contributed by atoms with Crippen molar-refractivity contribution in [3.8, 4) is 11.8 Å². The van der Waals surface area contributed by atoms with Gasteiger partial charge in [0.15, 0.2) is 0 Å². The summed E-state index contributed by atoms with van der Waals surface area (Å²) in [5.74, 6) is 5.86. The number of hydrogen-bond donors (Lipinski definition) is 1. The lowest BCUT2D eigenvalue weighted by Crippen LogP contribution is -1.82. The molecule has 1 heterocycles. The van der Waals surface area contributed by atoms with Gasteiger partial charge in [-0.1, -0.05) is 23.4 Å². The van der Waals surface area contributed by atoms with E-state index in [0.717, 1.165) is 16.5 Å². The van der Waals surface area contributed by atoms with Crippen molar-refractivity contribution in [3.63, 3.8) is 0 Å². The molecule has 2 aromatic rings. The Labute approximate surface area is 98.9 Å². The fraction of sp³-hybridized carbons (Fsp3) is 0.154. The van der Waals surface area contributed by atoms with Crippen molar-refractivity contribution in [2.75, 3.05) is 6.61 Å². The summed E-state index contributed by atoms with van der Waals surface area (Å²) in [7, 11) is 0. The van der Waals surface area contributed by atoms with Gasteiger partial charge >= 0.3 is 0 Å². The molecule has 0 bridgehead atoms. The second-order valence-corrected chi connectivity index (χ2v) is 3.70. The van der Waals surface area contributed by atoms with Crippen LogP contribution in [0.15, 0.2) is 30.3 Å². The molecule has 0 fully saturated rings. The van der Waals surface area contributed by atoms with Crippen molar-refractivity contribution >= 4 is 22.5 Å². The van der Waals surface area contributed by atoms with Gasteiger partial charge in [-0.3, -0.25) is 0 Å². The van der Waals surface area contributed by atoms with Crippen molar-refractivity contribution in [1.29, 1.82) is 0 Å². The number of hydrogen-bond acceptors (Lipinski definition) is 2. The third-order valence-electron chi connectivity index (χ3n) is 2.12. The number of halogens is 1. The largest absolute Gasteiger partial charge is 0.395 e. The van der Waals surface area contributed by atoms with Gasteiger partial charge in [-0.2, -0.15) is 0 Å². The number of aromatic nitrogens is 1. The summed E-state index contributed by atoms with van der Waals surface area (Å²) in [6.45, 7) is 0.0950. The maximum absolute atomic E-state index is 8.62. The molecule has 80 valence electrons. The Balaban J connectivity index is 2.38. The zero-order valence-electron chi connectivity index (χ0n) is 8.57. The number of benzene rings is 1. The summed E-state index contributed by atoms with van der Waals surface area (Å²) in [5.41, 5.74) is 1.78. The van der Waals surface area contributed by atoms with E-state index in [2.05, 4.69) is 16.8 Å². The lowest BCUT2D eigenvalue weighted by molar-refractivity contribution is 0.305. The fourth-order valence-electron chi connectivity index (χ4n) is 1.40. The maximum Gasteiger partial charge on any atom is 0.129 e. The fourth-order valence-corrected chi connectivity index (χ4v) is 1.55. The van der Waals surface area contributed by atoms with Crippen molar-refractivity contribution in [2.45, 2.75) is 6.42 Å². The zero-order valence-corrected chi connectivity index (χ0v) is 9.33. The van der Waals surface area contributed by atoms with Crippen molar-refractivity contribution in [3.05, 3.63) is 41.0 Å². The van der Waals surface area contributed by atoms with Crippen LogP contribution in [0.2, 0.25) is 5.15 Å². The Bertz CT molecular complexity index is 569. The number of fused-ring (bicyclic) bond motifs is 1. The van der Waals surface area contributed by atoms with Gasteiger partial charge in [0.05, 0.1) is 12.1 Å². The highest BCUT2D eigenvalue weighted by molar-refractivity contribution is 6.29. The summed E-state index contributed by atoms with van der Waals surface area (Å²) in [6.07, 6.45) is 0.497. The number of nitrogens with zero attached hydrogens (tertiary/aromatic N) is 1. The molecule has 1 N–H and O–H groups in total. The van der Waals surface area contributed by atoms with Crippen molar-refractivity contribution < 1.29 is 5.11 Å². The van der Waals surface area contributed by atoms with E-state index in [4.69, 9.17) is 16.7 Å². The molecule has 3 heteroatoms. The Morgan fingerprint density at radius 3 is 2.94 bits per heavy atom. The minimum atomic E-state index is 0.0950. The van der Waals surface area contributed by atoms with Crippen LogP contribution in [0.5, 0.6) is 0 Å². The molecule has 0 saturated heterocycles. The molecule has 0 aliphatic heterocycles. The highest BCUT2D eigenvalue weighted by Gasteiger charge is 1.96. The van der Waals surface area contributed by atoms with Crippen LogP contribution in [0.3, 0.4) is 0 Å². The van der Waals surface area contributed by atoms with Gasteiger partial charge in [0, 0.05) is 17.4 Å². The predicted molar refractivity (Wildman–Crippen MR) is 65.3 cm³/mol. The van der Waals surface area contributed by atoms with Crippen LogP contribution < -0.4 is 0 Å². The van der Waals surface area contributed by atoms with Gasteiger partial charge in [0.2, 0.25) is 0 Å². The van der Waals surface area contributed by atoms with Crippen molar-refractivity contribution in [2.24, 2.45) is 0 Å². The normalized spacial score (nSPS) is 9.88. The monoisotopic (exact) mass is 231 g/mol. The summed E-state index contributed by atoms with van der Waals surface area (Å²) in [5, 5.41) is 10.1. The quantitative estimate of drug-likeness (QED) is 0.605. The number of pyridine rings is 1. The molecule has 1 aromatic heterocycles. The zero-order chi connectivity index (χ0) is 11.4. The van der Waals surface area contributed by atoms with Crippen LogP contribution in [0.1, 0.15) is 12.0 Å². The summed E-state index contributed by atoms with van der Waals surface area (Å²) in [6, 6.07) is 9.43. The Morgan fingerprint density at radius 2 is 2.12 bits per heavy atom. The minimum absolute atomic E-state index is 0.0950. The lowest BCUT2D eigenvalue weighted by Gasteiger charge is -1.98. The summed E-state index contributed by atoms with van der Waals surface area (Å²) in [4.78, 5) is 4.19. The van der Waals surface area contributed by atoms with E-state index >= 15 is 0 Å². The highest BCUT2D eigenvalue weighted by atomic mass is 35.5. The Hall–Kier alpha value is -1.56. The molecule has 2 rings (SSSR count). The SMILES string of the molecule is OCCC#Cc1ccc2nc(Cl)ccc2c1.